The molecular weight excluding hydrogens is 264 g/mol. The van der Waals surface area contributed by atoms with Crippen molar-refractivity contribution < 1.29 is 14.6 Å². The first-order chi connectivity index (χ1) is 10.1. The summed E-state index contributed by atoms with van der Waals surface area (Å²) in [6.45, 7) is 0. The molecule has 0 heterocycles. The Morgan fingerprint density at radius 3 is 2.10 bits per heavy atom. The van der Waals surface area contributed by atoms with E-state index in [1.54, 1.807) is 0 Å². The van der Waals surface area contributed by atoms with E-state index in [1.165, 1.54) is 25.7 Å². The van der Waals surface area contributed by atoms with E-state index < -0.39 is 0 Å². The van der Waals surface area contributed by atoms with Crippen molar-refractivity contribution in [3.8, 4) is 0 Å². The van der Waals surface area contributed by atoms with Gasteiger partial charge in [0.1, 0.15) is 6.10 Å². The average molecular weight is 295 g/mol. The van der Waals surface area contributed by atoms with Gasteiger partial charge in [-0.1, -0.05) is 19.3 Å². The van der Waals surface area contributed by atoms with E-state index in [0.717, 1.165) is 51.0 Å². The molecule has 0 aromatic carbocycles. The smallest absolute Gasteiger partial charge is 0.102 e. The second-order valence-electron chi connectivity index (χ2n) is 7.53. The van der Waals surface area contributed by atoms with Crippen molar-refractivity contribution in [1.82, 2.24) is 0 Å². The van der Waals surface area contributed by atoms with Gasteiger partial charge >= 0.3 is 0 Å². The number of ether oxygens (including phenoxy) is 2. The average Bonchev–Trinajstić information content (AvgIpc) is 3.26. The van der Waals surface area contributed by atoms with Gasteiger partial charge in [-0.2, -0.15) is 0 Å². The van der Waals surface area contributed by atoms with Gasteiger partial charge in [-0.15, -0.1) is 0 Å². The molecule has 0 spiro atoms. The van der Waals surface area contributed by atoms with Crippen LogP contribution < -0.4 is 0 Å². The van der Waals surface area contributed by atoms with E-state index in [-0.39, 0.29) is 17.1 Å². The minimum Gasteiger partial charge on any atom is -0.386 e. The summed E-state index contributed by atoms with van der Waals surface area (Å²) in [6.07, 6.45) is 13.5. The fraction of sp³-hybridized carbons (Fsp3) is 0.944. The first-order valence-corrected chi connectivity index (χ1v) is 8.81. The summed E-state index contributed by atoms with van der Waals surface area (Å²) in [5, 5.41) is 11.0. The van der Waals surface area contributed by atoms with Crippen molar-refractivity contribution in [2.45, 2.75) is 81.8 Å². The predicted octanol–water partition coefficient (Wildman–Crippen LogP) is 4.23. The highest BCUT2D eigenvalue weighted by atomic mass is 16.5. The van der Waals surface area contributed by atoms with Crippen LogP contribution in [0.15, 0.2) is 0 Å². The lowest BCUT2D eigenvalue weighted by Crippen LogP contribution is -2.51. The predicted molar refractivity (Wildman–Crippen MR) is 82.4 cm³/mol. The standard InChI is InChI=1S/C18H31O3/c1-20-17(11-12-17)13-15(18(21-2)9-6-10-18)16(19)14-7-4-3-5-8-14/h14-15,19H,3-13H2,1-2H3. The zero-order valence-corrected chi connectivity index (χ0v) is 13.7. The summed E-state index contributed by atoms with van der Waals surface area (Å²) in [4.78, 5) is 0. The molecule has 0 saturated heterocycles. The van der Waals surface area contributed by atoms with Gasteiger partial charge in [-0.25, -0.2) is 0 Å². The fourth-order valence-electron chi connectivity index (χ4n) is 4.47. The summed E-state index contributed by atoms with van der Waals surface area (Å²) >= 11 is 0. The highest BCUT2D eigenvalue weighted by Gasteiger charge is 2.55. The maximum Gasteiger partial charge on any atom is 0.102 e. The van der Waals surface area contributed by atoms with Crippen LogP contribution in [0.1, 0.15) is 70.6 Å². The molecule has 0 bridgehead atoms. The Bertz CT molecular complexity index is 335. The number of hydrogen-bond acceptors (Lipinski definition) is 3. The van der Waals surface area contributed by atoms with E-state index >= 15 is 0 Å². The quantitative estimate of drug-likeness (QED) is 0.764. The van der Waals surface area contributed by atoms with Gasteiger partial charge in [-0.05, 0) is 57.3 Å². The Hall–Kier alpha value is -0.120. The molecule has 21 heavy (non-hydrogen) atoms. The van der Waals surface area contributed by atoms with Crippen LogP contribution in [0, 0.1) is 17.9 Å². The molecule has 3 saturated carbocycles. The van der Waals surface area contributed by atoms with Crippen molar-refractivity contribution in [2.75, 3.05) is 14.2 Å². The molecule has 0 aliphatic heterocycles. The minimum absolute atomic E-state index is 0.0223. The summed E-state index contributed by atoms with van der Waals surface area (Å²) in [5.74, 6) is 0.561. The molecule has 3 aliphatic rings. The second-order valence-corrected chi connectivity index (χ2v) is 7.53. The highest BCUT2D eigenvalue weighted by molar-refractivity contribution is 5.11. The van der Waals surface area contributed by atoms with Gasteiger partial charge in [0.2, 0.25) is 0 Å². The van der Waals surface area contributed by atoms with Crippen LogP contribution in [0.4, 0.5) is 0 Å². The van der Waals surface area contributed by atoms with Crippen LogP contribution in [0.25, 0.3) is 0 Å². The van der Waals surface area contributed by atoms with Gasteiger partial charge in [0.25, 0.3) is 0 Å². The van der Waals surface area contributed by atoms with E-state index in [1.807, 2.05) is 14.2 Å². The van der Waals surface area contributed by atoms with E-state index in [2.05, 4.69) is 0 Å². The van der Waals surface area contributed by atoms with Crippen molar-refractivity contribution in [3.05, 3.63) is 6.10 Å². The Morgan fingerprint density at radius 1 is 1.00 bits per heavy atom. The van der Waals surface area contributed by atoms with Crippen molar-refractivity contribution in [3.63, 3.8) is 0 Å². The van der Waals surface area contributed by atoms with Crippen molar-refractivity contribution in [1.29, 1.82) is 0 Å². The molecular formula is C18H31O3. The molecule has 1 N–H and O–H groups in total. The number of methoxy groups -OCH3 is 2. The maximum atomic E-state index is 11.0. The Kier molecular flexibility index (Phi) is 4.63. The van der Waals surface area contributed by atoms with Gasteiger partial charge in [-0.3, -0.25) is 0 Å². The molecule has 3 nitrogen and oxygen atoms in total. The van der Waals surface area contributed by atoms with Gasteiger partial charge in [0, 0.05) is 20.1 Å². The van der Waals surface area contributed by atoms with E-state index in [9.17, 15) is 5.11 Å². The first-order valence-electron chi connectivity index (χ1n) is 8.81. The largest absolute Gasteiger partial charge is 0.386 e. The minimum atomic E-state index is -0.115. The molecule has 3 aliphatic carbocycles. The van der Waals surface area contributed by atoms with Crippen LogP contribution >= 0.6 is 0 Å². The number of aliphatic hydroxyl groups is 1. The molecule has 0 aromatic heterocycles. The molecule has 1 unspecified atom stereocenters. The van der Waals surface area contributed by atoms with Crippen molar-refractivity contribution >= 4 is 0 Å². The lowest BCUT2D eigenvalue weighted by Gasteiger charge is -2.50. The second kappa shape index (κ2) is 6.17. The van der Waals surface area contributed by atoms with E-state index in [4.69, 9.17) is 9.47 Å². The Morgan fingerprint density at radius 2 is 1.67 bits per heavy atom. The first kappa shape index (κ1) is 15.8. The Balaban J connectivity index is 1.74. The fourth-order valence-corrected chi connectivity index (χ4v) is 4.47. The summed E-state index contributed by atoms with van der Waals surface area (Å²) in [5.41, 5.74) is -0.0932. The molecule has 0 amide bonds. The van der Waals surface area contributed by atoms with Crippen LogP contribution in [0.3, 0.4) is 0 Å². The van der Waals surface area contributed by atoms with Crippen LogP contribution in [-0.4, -0.2) is 30.5 Å². The molecule has 3 heteroatoms. The topological polar surface area (TPSA) is 38.7 Å². The third kappa shape index (κ3) is 3.02. The zero-order chi connectivity index (χ0) is 14.9. The highest BCUT2D eigenvalue weighted by Crippen LogP contribution is 2.55. The number of hydrogen-bond donors (Lipinski definition) is 1. The molecule has 3 fully saturated rings. The molecule has 121 valence electrons. The zero-order valence-electron chi connectivity index (χ0n) is 13.7. The Labute approximate surface area is 129 Å². The lowest BCUT2D eigenvalue weighted by molar-refractivity contribution is -0.143. The lowest BCUT2D eigenvalue weighted by atomic mass is 9.63. The van der Waals surface area contributed by atoms with E-state index in [0.29, 0.717) is 5.92 Å². The summed E-state index contributed by atoms with van der Waals surface area (Å²) in [6, 6.07) is 0. The third-order valence-corrected chi connectivity index (χ3v) is 6.44. The SMILES string of the molecule is COC1(CC([C](O)C2CCCCC2)C2(OC)CCC2)CC1. The monoisotopic (exact) mass is 295 g/mol. The van der Waals surface area contributed by atoms with Gasteiger partial charge in [0.05, 0.1) is 11.2 Å². The maximum absolute atomic E-state index is 11.0. The van der Waals surface area contributed by atoms with Crippen LogP contribution in [-0.2, 0) is 9.47 Å². The number of aliphatic hydroxyl groups excluding tert-OH is 1. The third-order valence-electron chi connectivity index (χ3n) is 6.44. The van der Waals surface area contributed by atoms with Crippen molar-refractivity contribution in [2.24, 2.45) is 11.8 Å². The molecule has 3 rings (SSSR count). The normalized spacial score (nSPS) is 29.1. The van der Waals surface area contributed by atoms with Gasteiger partial charge < -0.3 is 14.6 Å². The van der Waals surface area contributed by atoms with Crippen LogP contribution in [0.5, 0.6) is 0 Å². The van der Waals surface area contributed by atoms with Crippen LogP contribution in [0.2, 0.25) is 0 Å². The summed E-state index contributed by atoms with van der Waals surface area (Å²) in [7, 11) is 3.65. The summed E-state index contributed by atoms with van der Waals surface area (Å²) < 4.78 is 11.7. The molecule has 0 aromatic rings. The molecule has 1 atom stereocenters. The molecule has 1 radical (unpaired) electrons. The number of rotatable bonds is 7. The van der Waals surface area contributed by atoms with Gasteiger partial charge in [0.15, 0.2) is 0 Å².